The van der Waals surface area contributed by atoms with Gasteiger partial charge in [-0.1, -0.05) is 60.7 Å². The summed E-state index contributed by atoms with van der Waals surface area (Å²) in [6, 6.07) is 19.1. The largest absolute Gasteiger partial charge is 0.350 e. The van der Waals surface area contributed by atoms with Crippen LogP contribution in [0.4, 0.5) is 4.79 Å². The predicted molar refractivity (Wildman–Crippen MR) is 106 cm³/mol. The van der Waals surface area contributed by atoms with E-state index in [1.807, 2.05) is 66.0 Å². The molecule has 0 saturated heterocycles. The Kier molecular flexibility index (Phi) is 6.54. The van der Waals surface area contributed by atoms with E-state index in [9.17, 15) is 9.59 Å². The van der Waals surface area contributed by atoms with E-state index in [-0.39, 0.29) is 12.5 Å². The van der Waals surface area contributed by atoms with Gasteiger partial charge in [-0.25, -0.2) is 9.78 Å². The molecule has 3 rings (SSSR count). The van der Waals surface area contributed by atoms with Gasteiger partial charge in [0.15, 0.2) is 0 Å². The van der Waals surface area contributed by atoms with Crippen LogP contribution in [-0.4, -0.2) is 23.5 Å². The molecule has 0 bridgehead atoms. The molecule has 0 saturated carbocycles. The van der Waals surface area contributed by atoms with Crippen LogP contribution in [0.25, 0.3) is 11.3 Å². The van der Waals surface area contributed by atoms with E-state index in [1.54, 1.807) is 0 Å². The number of thiazole rings is 1. The maximum absolute atomic E-state index is 11.8. The first-order valence-corrected chi connectivity index (χ1v) is 9.41. The summed E-state index contributed by atoms with van der Waals surface area (Å²) in [5, 5.41) is 10.8. The van der Waals surface area contributed by atoms with Gasteiger partial charge in [0.05, 0.1) is 18.8 Å². The molecule has 0 fully saturated rings. The highest BCUT2D eigenvalue weighted by molar-refractivity contribution is 7.09. The van der Waals surface area contributed by atoms with Crippen molar-refractivity contribution in [2.24, 2.45) is 0 Å². The van der Waals surface area contributed by atoms with Crippen molar-refractivity contribution in [3.8, 4) is 11.3 Å². The summed E-state index contributed by atoms with van der Waals surface area (Å²) in [5.41, 5.74) is 2.94. The third-order valence-electron chi connectivity index (χ3n) is 3.76. The Bertz CT molecular complexity index is 881. The number of benzene rings is 2. The molecule has 7 heteroatoms. The van der Waals surface area contributed by atoms with Gasteiger partial charge in [-0.05, 0) is 5.56 Å². The molecule has 0 aliphatic carbocycles. The average molecular weight is 380 g/mol. The Morgan fingerprint density at radius 3 is 2.30 bits per heavy atom. The van der Waals surface area contributed by atoms with Crippen LogP contribution < -0.4 is 16.0 Å². The van der Waals surface area contributed by atoms with E-state index >= 15 is 0 Å². The van der Waals surface area contributed by atoms with Gasteiger partial charge >= 0.3 is 6.03 Å². The van der Waals surface area contributed by atoms with Crippen molar-refractivity contribution in [1.82, 2.24) is 20.9 Å². The van der Waals surface area contributed by atoms with Crippen molar-refractivity contribution in [2.75, 3.05) is 6.54 Å². The van der Waals surface area contributed by atoms with Crippen LogP contribution >= 0.6 is 11.3 Å². The lowest BCUT2D eigenvalue weighted by atomic mass is 10.2. The lowest BCUT2D eigenvalue weighted by Crippen LogP contribution is -2.41. The smallest absolute Gasteiger partial charge is 0.315 e. The second-order valence-corrected chi connectivity index (χ2v) is 6.73. The van der Waals surface area contributed by atoms with Crippen molar-refractivity contribution in [2.45, 2.75) is 13.1 Å². The SMILES string of the molecule is O=C(CNC(=O)NCc1nc(-c2ccccc2)cs1)NCc1ccccc1. The summed E-state index contributed by atoms with van der Waals surface area (Å²) in [6.45, 7) is 0.672. The zero-order valence-corrected chi connectivity index (χ0v) is 15.5. The Hall–Kier alpha value is -3.19. The Morgan fingerprint density at radius 2 is 1.56 bits per heavy atom. The van der Waals surface area contributed by atoms with Crippen LogP contribution in [0.2, 0.25) is 0 Å². The van der Waals surface area contributed by atoms with Gasteiger partial charge in [0, 0.05) is 17.5 Å². The van der Waals surface area contributed by atoms with Crippen molar-refractivity contribution in [3.05, 3.63) is 76.6 Å². The molecule has 0 aliphatic heterocycles. The molecule has 2 aromatic carbocycles. The normalized spacial score (nSPS) is 10.2. The minimum atomic E-state index is -0.402. The molecule has 3 aromatic rings. The van der Waals surface area contributed by atoms with Crippen molar-refractivity contribution < 1.29 is 9.59 Å². The standard InChI is InChI=1S/C20H20N4O2S/c25-18(21-11-15-7-3-1-4-8-15)12-22-20(26)23-13-19-24-17(14-27-19)16-9-5-2-6-10-16/h1-10,14H,11-13H2,(H,21,25)(H2,22,23,26). The van der Waals surface area contributed by atoms with E-state index < -0.39 is 6.03 Å². The predicted octanol–water partition coefficient (Wildman–Crippen LogP) is 2.93. The van der Waals surface area contributed by atoms with Crippen LogP contribution in [0.15, 0.2) is 66.0 Å². The summed E-state index contributed by atoms with van der Waals surface area (Å²) >= 11 is 1.48. The maximum atomic E-state index is 11.8. The number of hydrogen-bond acceptors (Lipinski definition) is 4. The van der Waals surface area contributed by atoms with Crippen LogP contribution in [0.5, 0.6) is 0 Å². The van der Waals surface area contributed by atoms with Crippen LogP contribution in [0.3, 0.4) is 0 Å². The quantitative estimate of drug-likeness (QED) is 0.589. The summed E-state index contributed by atoms with van der Waals surface area (Å²) < 4.78 is 0. The molecule has 27 heavy (non-hydrogen) atoms. The minimum Gasteiger partial charge on any atom is -0.350 e. The third-order valence-corrected chi connectivity index (χ3v) is 4.61. The highest BCUT2D eigenvalue weighted by Gasteiger charge is 2.08. The Balaban J connectivity index is 1.37. The number of nitrogens with one attached hydrogen (secondary N) is 3. The van der Waals surface area contributed by atoms with Crippen molar-refractivity contribution in [3.63, 3.8) is 0 Å². The number of carbonyl (C=O) groups excluding carboxylic acids is 2. The van der Waals surface area contributed by atoms with Gasteiger partial charge in [-0.3, -0.25) is 4.79 Å². The molecule has 6 nitrogen and oxygen atoms in total. The van der Waals surface area contributed by atoms with E-state index in [0.717, 1.165) is 21.8 Å². The highest BCUT2D eigenvalue weighted by Crippen LogP contribution is 2.21. The summed E-state index contributed by atoms with van der Waals surface area (Å²) in [5.74, 6) is -0.241. The first-order valence-electron chi connectivity index (χ1n) is 8.53. The molecule has 0 unspecified atom stereocenters. The Labute approximate surface area is 161 Å². The highest BCUT2D eigenvalue weighted by atomic mass is 32.1. The second kappa shape index (κ2) is 9.49. The van der Waals surface area contributed by atoms with E-state index in [0.29, 0.717) is 13.1 Å². The fourth-order valence-electron chi connectivity index (χ4n) is 2.37. The lowest BCUT2D eigenvalue weighted by molar-refractivity contribution is -0.120. The zero-order valence-electron chi connectivity index (χ0n) is 14.6. The molecule has 3 amide bonds. The van der Waals surface area contributed by atoms with Gasteiger partial charge in [0.2, 0.25) is 5.91 Å². The van der Waals surface area contributed by atoms with Gasteiger partial charge in [-0.2, -0.15) is 0 Å². The fraction of sp³-hybridized carbons (Fsp3) is 0.150. The number of hydrogen-bond donors (Lipinski definition) is 3. The monoisotopic (exact) mass is 380 g/mol. The Morgan fingerprint density at radius 1 is 0.852 bits per heavy atom. The molecule has 0 atom stereocenters. The maximum Gasteiger partial charge on any atom is 0.315 e. The summed E-state index contributed by atoms with van der Waals surface area (Å²) in [4.78, 5) is 28.1. The first kappa shape index (κ1) is 18.6. The van der Waals surface area contributed by atoms with Gasteiger partial charge in [-0.15, -0.1) is 11.3 Å². The number of amides is 3. The molecule has 1 aromatic heterocycles. The van der Waals surface area contributed by atoms with Gasteiger partial charge in [0.1, 0.15) is 5.01 Å². The third kappa shape index (κ3) is 5.93. The van der Waals surface area contributed by atoms with Crippen LogP contribution in [0.1, 0.15) is 10.6 Å². The topological polar surface area (TPSA) is 83.1 Å². The zero-order chi connectivity index (χ0) is 18.9. The number of nitrogens with zero attached hydrogens (tertiary/aromatic N) is 1. The minimum absolute atomic E-state index is 0.0776. The number of aromatic nitrogens is 1. The number of rotatable bonds is 7. The van der Waals surface area contributed by atoms with Gasteiger partial charge in [0.25, 0.3) is 0 Å². The van der Waals surface area contributed by atoms with Crippen molar-refractivity contribution >= 4 is 23.3 Å². The summed E-state index contributed by atoms with van der Waals surface area (Å²) in [7, 11) is 0. The van der Waals surface area contributed by atoms with Crippen molar-refractivity contribution in [1.29, 1.82) is 0 Å². The van der Waals surface area contributed by atoms with Crippen LogP contribution in [-0.2, 0) is 17.9 Å². The molecular weight excluding hydrogens is 360 g/mol. The molecule has 0 aliphatic rings. The molecular formula is C20H20N4O2S. The fourth-order valence-corrected chi connectivity index (χ4v) is 3.11. The number of carbonyl (C=O) groups is 2. The van der Waals surface area contributed by atoms with Crippen LogP contribution in [0, 0.1) is 0 Å². The van der Waals surface area contributed by atoms with E-state index in [2.05, 4.69) is 20.9 Å². The van der Waals surface area contributed by atoms with E-state index in [4.69, 9.17) is 0 Å². The molecule has 138 valence electrons. The second-order valence-electron chi connectivity index (χ2n) is 5.79. The lowest BCUT2D eigenvalue weighted by Gasteiger charge is -2.07. The first-order chi connectivity index (χ1) is 13.2. The molecule has 0 spiro atoms. The molecule has 0 radical (unpaired) electrons. The molecule has 3 N–H and O–H groups in total. The van der Waals surface area contributed by atoms with E-state index in [1.165, 1.54) is 11.3 Å². The summed E-state index contributed by atoms with van der Waals surface area (Å²) in [6.07, 6.45) is 0. The molecule has 1 heterocycles. The average Bonchev–Trinajstić information content (AvgIpc) is 3.20. The number of urea groups is 1. The van der Waals surface area contributed by atoms with Gasteiger partial charge < -0.3 is 16.0 Å².